The zero-order valence-electron chi connectivity index (χ0n) is 9.45. The van der Waals surface area contributed by atoms with E-state index in [0.29, 0.717) is 6.42 Å². The average Bonchev–Trinajstić information content (AvgIpc) is 2.28. The summed E-state index contributed by atoms with van der Waals surface area (Å²) in [5, 5.41) is 0. The summed E-state index contributed by atoms with van der Waals surface area (Å²) in [5.74, 6) is -0.146. The van der Waals surface area contributed by atoms with E-state index in [1.807, 2.05) is 0 Å². The third kappa shape index (κ3) is 4.15. The molecule has 0 amide bonds. The Bertz CT molecular complexity index is 301. The van der Waals surface area contributed by atoms with Crippen LogP contribution in [0, 0.1) is 0 Å². The first-order valence-electron chi connectivity index (χ1n) is 5.41. The summed E-state index contributed by atoms with van der Waals surface area (Å²) in [5.41, 5.74) is 2.56. The minimum Gasteiger partial charge on any atom is -0.469 e. The third-order valence-electron chi connectivity index (χ3n) is 2.41. The van der Waals surface area contributed by atoms with Crippen molar-refractivity contribution < 1.29 is 9.53 Å². The molecule has 0 aliphatic carbocycles. The highest BCUT2D eigenvalue weighted by molar-refractivity contribution is 5.69. The Hall–Kier alpha value is -1.31. The van der Waals surface area contributed by atoms with E-state index in [9.17, 15) is 4.79 Å². The van der Waals surface area contributed by atoms with Gasteiger partial charge in [-0.05, 0) is 24.0 Å². The first-order chi connectivity index (χ1) is 7.26. The Morgan fingerprint density at radius 3 is 2.13 bits per heavy atom. The van der Waals surface area contributed by atoms with Gasteiger partial charge in [0.1, 0.15) is 0 Å². The van der Waals surface area contributed by atoms with Crippen LogP contribution in [0.15, 0.2) is 24.3 Å². The summed E-state index contributed by atoms with van der Waals surface area (Å²) in [4.78, 5) is 10.9. The molecule has 0 unspecified atom stereocenters. The van der Waals surface area contributed by atoms with Gasteiger partial charge < -0.3 is 4.74 Å². The Balaban J connectivity index is 2.45. The summed E-state index contributed by atoms with van der Waals surface area (Å²) in [6.45, 7) is 2.17. The monoisotopic (exact) mass is 206 g/mol. The minimum atomic E-state index is -0.146. The maximum absolute atomic E-state index is 10.9. The molecule has 0 atom stereocenters. The standard InChI is InChI=1S/C13H18O2/c1-3-4-11-5-7-12(8-6-11)9-10-13(14)15-2/h5-8H,3-4,9-10H2,1-2H3. The molecule has 0 aliphatic rings. The maximum atomic E-state index is 10.9. The van der Waals surface area contributed by atoms with E-state index >= 15 is 0 Å². The van der Waals surface area contributed by atoms with E-state index in [1.54, 1.807) is 0 Å². The lowest BCUT2D eigenvalue weighted by molar-refractivity contribution is -0.140. The Morgan fingerprint density at radius 2 is 1.67 bits per heavy atom. The predicted octanol–water partition coefficient (Wildman–Crippen LogP) is 2.74. The molecule has 0 saturated heterocycles. The number of rotatable bonds is 5. The van der Waals surface area contributed by atoms with Crippen molar-refractivity contribution in [1.82, 2.24) is 0 Å². The van der Waals surface area contributed by atoms with Crippen molar-refractivity contribution in [3.05, 3.63) is 35.4 Å². The van der Waals surface area contributed by atoms with Gasteiger partial charge in [-0.3, -0.25) is 4.79 Å². The number of carbonyl (C=O) groups excluding carboxylic acids is 1. The number of hydrogen-bond acceptors (Lipinski definition) is 2. The van der Waals surface area contributed by atoms with Gasteiger partial charge in [0.05, 0.1) is 7.11 Å². The van der Waals surface area contributed by atoms with Crippen LogP contribution < -0.4 is 0 Å². The molecule has 0 heterocycles. The van der Waals surface area contributed by atoms with Crippen LogP contribution in [0.5, 0.6) is 0 Å². The Kier molecular flexibility index (Phi) is 4.88. The fraction of sp³-hybridized carbons (Fsp3) is 0.462. The van der Waals surface area contributed by atoms with Crippen molar-refractivity contribution in [2.45, 2.75) is 32.6 Å². The highest BCUT2D eigenvalue weighted by atomic mass is 16.5. The Morgan fingerprint density at radius 1 is 1.13 bits per heavy atom. The highest BCUT2D eigenvalue weighted by Gasteiger charge is 2.01. The summed E-state index contributed by atoms with van der Waals surface area (Å²) in [6, 6.07) is 8.45. The van der Waals surface area contributed by atoms with Gasteiger partial charge in [0.2, 0.25) is 0 Å². The van der Waals surface area contributed by atoms with Crippen LogP contribution in [0.4, 0.5) is 0 Å². The van der Waals surface area contributed by atoms with E-state index in [-0.39, 0.29) is 5.97 Å². The summed E-state index contributed by atoms with van der Waals surface area (Å²) < 4.78 is 4.60. The first kappa shape index (κ1) is 11.8. The molecule has 1 rings (SSSR count). The largest absolute Gasteiger partial charge is 0.469 e. The molecule has 0 bridgehead atoms. The van der Waals surface area contributed by atoms with Crippen LogP contribution in [-0.4, -0.2) is 13.1 Å². The maximum Gasteiger partial charge on any atom is 0.305 e. The molecule has 2 heteroatoms. The highest BCUT2D eigenvalue weighted by Crippen LogP contribution is 2.08. The summed E-state index contributed by atoms with van der Waals surface area (Å²) in [7, 11) is 1.42. The van der Waals surface area contributed by atoms with Gasteiger partial charge >= 0.3 is 5.97 Å². The number of ether oxygens (including phenoxy) is 1. The quantitative estimate of drug-likeness (QED) is 0.692. The fourth-order valence-electron chi connectivity index (χ4n) is 1.51. The van der Waals surface area contributed by atoms with Gasteiger partial charge in [-0.25, -0.2) is 0 Å². The van der Waals surface area contributed by atoms with Crippen LogP contribution >= 0.6 is 0 Å². The van der Waals surface area contributed by atoms with Crippen LogP contribution in [-0.2, 0) is 22.4 Å². The minimum absolute atomic E-state index is 0.146. The zero-order chi connectivity index (χ0) is 11.1. The van der Waals surface area contributed by atoms with Gasteiger partial charge in [0, 0.05) is 6.42 Å². The van der Waals surface area contributed by atoms with E-state index in [2.05, 4.69) is 35.9 Å². The molecule has 0 fully saturated rings. The van der Waals surface area contributed by atoms with Crippen molar-refractivity contribution in [2.24, 2.45) is 0 Å². The van der Waals surface area contributed by atoms with E-state index < -0.39 is 0 Å². The van der Waals surface area contributed by atoms with Crippen molar-refractivity contribution in [3.8, 4) is 0 Å². The summed E-state index contributed by atoms with van der Waals surface area (Å²) in [6.07, 6.45) is 3.52. The average molecular weight is 206 g/mol. The normalized spacial score (nSPS) is 10.0. The molecule has 82 valence electrons. The van der Waals surface area contributed by atoms with Gasteiger partial charge in [-0.1, -0.05) is 37.6 Å². The number of aryl methyl sites for hydroxylation is 2. The molecular weight excluding hydrogens is 188 g/mol. The number of hydrogen-bond donors (Lipinski definition) is 0. The first-order valence-corrected chi connectivity index (χ1v) is 5.41. The molecule has 2 nitrogen and oxygen atoms in total. The molecular formula is C13H18O2. The zero-order valence-corrected chi connectivity index (χ0v) is 9.45. The van der Waals surface area contributed by atoms with E-state index in [4.69, 9.17) is 0 Å². The third-order valence-corrected chi connectivity index (χ3v) is 2.41. The molecule has 1 aromatic rings. The van der Waals surface area contributed by atoms with Crippen LogP contribution in [0.25, 0.3) is 0 Å². The van der Waals surface area contributed by atoms with Crippen molar-refractivity contribution in [1.29, 1.82) is 0 Å². The SMILES string of the molecule is CCCc1ccc(CCC(=O)OC)cc1. The molecule has 0 aliphatic heterocycles. The van der Waals surface area contributed by atoms with Gasteiger partial charge in [0.25, 0.3) is 0 Å². The predicted molar refractivity (Wildman–Crippen MR) is 60.8 cm³/mol. The van der Waals surface area contributed by atoms with Crippen LogP contribution in [0.1, 0.15) is 30.9 Å². The van der Waals surface area contributed by atoms with E-state index in [0.717, 1.165) is 12.8 Å². The molecule has 0 aromatic heterocycles. The van der Waals surface area contributed by atoms with Gasteiger partial charge in [-0.2, -0.15) is 0 Å². The molecule has 0 radical (unpaired) electrons. The lowest BCUT2D eigenvalue weighted by Crippen LogP contribution is -2.01. The smallest absolute Gasteiger partial charge is 0.305 e. The second kappa shape index (κ2) is 6.23. The van der Waals surface area contributed by atoms with Crippen LogP contribution in [0.3, 0.4) is 0 Å². The topological polar surface area (TPSA) is 26.3 Å². The van der Waals surface area contributed by atoms with E-state index in [1.165, 1.54) is 24.7 Å². The number of esters is 1. The summed E-state index contributed by atoms with van der Waals surface area (Å²) >= 11 is 0. The second-order valence-corrected chi connectivity index (χ2v) is 3.64. The molecule has 0 spiro atoms. The van der Waals surface area contributed by atoms with Crippen molar-refractivity contribution in [2.75, 3.05) is 7.11 Å². The number of methoxy groups -OCH3 is 1. The number of benzene rings is 1. The molecule has 0 saturated carbocycles. The lowest BCUT2D eigenvalue weighted by Gasteiger charge is -2.02. The fourth-order valence-corrected chi connectivity index (χ4v) is 1.51. The second-order valence-electron chi connectivity index (χ2n) is 3.64. The van der Waals surface area contributed by atoms with Crippen molar-refractivity contribution in [3.63, 3.8) is 0 Å². The Labute approximate surface area is 91.3 Å². The lowest BCUT2D eigenvalue weighted by atomic mass is 10.1. The van der Waals surface area contributed by atoms with Crippen LogP contribution in [0.2, 0.25) is 0 Å². The number of carbonyl (C=O) groups is 1. The van der Waals surface area contributed by atoms with Gasteiger partial charge in [0.15, 0.2) is 0 Å². The molecule has 1 aromatic carbocycles. The molecule has 15 heavy (non-hydrogen) atoms. The van der Waals surface area contributed by atoms with Gasteiger partial charge in [-0.15, -0.1) is 0 Å². The molecule has 0 N–H and O–H groups in total. The van der Waals surface area contributed by atoms with Crippen molar-refractivity contribution >= 4 is 5.97 Å².